The zero-order valence-corrected chi connectivity index (χ0v) is 15.1. The van der Waals surface area contributed by atoms with Crippen LogP contribution in [0.5, 0.6) is 0 Å². The van der Waals surface area contributed by atoms with Crippen LogP contribution in [0.25, 0.3) is 0 Å². The second-order valence-corrected chi connectivity index (χ2v) is 9.04. The number of sulfonamides is 1. The maximum absolute atomic E-state index is 12.9. The first-order chi connectivity index (χ1) is 11.8. The van der Waals surface area contributed by atoms with Crippen molar-refractivity contribution in [1.82, 2.24) is 4.72 Å². The first-order valence-electron chi connectivity index (χ1n) is 7.68. The Labute approximate surface area is 150 Å². The van der Waals surface area contributed by atoms with E-state index in [0.29, 0.717) is 17.7 Å². The van der Waals surface area contributed by atoms with Crippen molar-refractivity contribution < 1.29 is 17.6 Å². The molecule has 2 aromatic carbocycles. The molecule has 2 N–H and O–H groups in total. The lowest BCUT2D eigenvalue weighted by Gasteiger charge is -2.11. The van der Waals surface area contributed by atoms with E-state index in [-0.39, 0.29) is 28.4 Å². The zero-order chi connectivity index (χ0) is 18.0. The number of thioether (sulfide) groups is 1. The predicted octanol–water partition coefficient (Wildman–Crippen LogP) is 3.13. The van der Waals surface area contributed by atoms with Crippen molar-refractivity contribution in [3.8, 4) is 0 Å². The Balaban J connectivity index is 1.80. The molecule has 132 valence electrons. The largest absolute Gasteiger partial charge is 0.325 e. The maximum atomic E-state index is 12.9. The Morgan fingerprint density at radius 1 is 1.24 bits per heavy atom. The number of amides is 1. The molecule has 0 radical (unpaired) electrons. The number of carbonyl (C=O) groups is 1. The van der Waals surface area contributed by atoms with E-state index in [2.05, 4.69) is 10.0 Å². The molecule has 0 aromatic heterocycles. The number of fused-ring (bicyclic) bond motifs is 1. The van der Waals surface area contributed by atoms with Gasteiger partial charge in [-0.1, -0.05) is 19.1 Å². The van der Waals surface area contributed by atoms with Crippen LogP contribution in [0, 0.1) is 5.82 Å². The monoisotopic (exact) mass is 380 g/mol. The molecule has 5 nitrogen and oxygen atoms in total. The van der Waals surface area contributed by atoms with E-state index in [1.165, 1.54) is 48.2 Å². The molecule has 1 aliphatic heterocycles. The summed E-state index contributed by atoms with van der Waals surface area (Å²) in [6.45, 7) is 2.01. The van der Waals surface area contributed by atoms with Crippen LogP contribution in [-0.4, -0.2) is 19.6 Å². The molecule has 1 amide bonds. The normalized spacial score (nSPS) is 17.5. The van der Waals surface area contributed by atoms with Crippen LogP contribution in [0.4, 0.5) is 10.1 Å². The summed E-state index contributed by atoms with van der Waals surface area (Å²) in [5, 5.41) is 2.88. The molecule has 25 heavy (non-hydrogen) atoms. The van der Waals surface area contributed by atoms with Gasteiger partial charge in [0.25, 0.3) is 0 Å². The van der Waals surface area contributed by atoms with E-state index < -0.39 is 10.0 Å². The quantitative estimate of drug-likeness (QED) is 0.855. The van der Waals surface area contributed by atoms with Gasteiger partial charge in [-0.15, -0.1) is 11.8 Å². The third kappa shape index (κ3) is 4.39. The van der Waals surface area contributed by atoms with Gasteiger partial charge in [-0.05, 0) is 35.9 Å². The van der Waals surface area contributed by atoms with Crippen molar-refractivity contribution in [2.75, 3.05) is 5.32 Å². The molecule has 8 heteroatoms. The number of anilines is 1. The SMILES string of the molecule is CC1CC(=O)Nc2cc(S(=O)(=O)NCc3ccc(F)cc3)ccc2S1. The molecule has 1 heterocycles. The van der Waals surface area contributed by atoms with Gasteiger partial charge in [0.2, 0.25) is 15.9 Å². The third-order valence-electron chi connectivity index (χ3n) is 3.72. The molecule has 0 fully saturated rings. The van der Waals surface area contributed by atoms with E-state index in [9.17, 15) is 17.6 Å². The molecule has 0 saturated carbocycles. The lowest BCUT2D eigenvalue weighted by Crippen LogP contribution is -2.23. The second kappa shape index (κ2) is 7.15. The predicted molar refractivity (Wildman–Crippen MR) is 95.4 cm³/mol. The number of benzene rings is 2. The van der Waals surface area contributed by atoms with Gasteiger partial charge < -0.3 is 5.32 Å². The van der Waals surface area contributed by atoms with Crippen molar-refractivity contribution in [2.45, 2.75) is 34.9 Å². The van der Waals surface area contributed by atoms with Crippen LogP contribution in [-0.2, 0) is 21.4 Å². The maximum Gasteiger partial charge on any atom is 0.240 e. The minimum absolute atomic E-state index is 0.0534. The number of nitrogens with one attached hydrogen (secondary N) is 2. The number of hydrogen-bond acceptors (Lipinski definition) is 4. The van der Waals surface area contributed by atoms with Crippen molar-refractivity contribution in [2.24, 2.45) is 0 Å². The summed E-state index contributed by atoms with van der Waals surface area (Å²) >= 11 is 1.53. The number of rotatable bonds is 4. The van der Waals surface area contributed by atoms with E-state index >= 15 is 0 Å². The van der Waals surface area contributed by atoms with Gasteiger partial charge in [0.1, 0.15) is 5.82 Å². The average Bonchev–Trinajstić information content (AvgIpc) is 2.69. The molecule has 0 saturated heterocycles. The Morgan fingerprint density at radius 3 is 2.68 bits per heavy atom. The molecular formula is C17H17FN2O3S2. The zero-order valence-electron chi connectivity index (χ0n) is 13.5. The molecule has 1 aliphatic rings. The highest BCUT2D eigenvalue weighted by Crippen LogP contribution is 2.36. The van der Waals surface area contributed by atoms with Gasteiger partial charge in [0.15, 0.2) is 0 Å². The summed E-state index contributed by atoms with van der Waals surface area (Å²) in [4.78, 5) is 12.8. The summed E-state index contributed by atoms with van der Waals surface area (Å²) in [6, 6.07) is 10.3. The van der Waals surface area contributed by atoms with Crippen LogP contribution in [0.15, 0.2) is 52.3 Å². The summed E-state index contributed by atoms with van der Waals surface area (Å²) in [5.41, 5.74) is 1.15. The Kier molecular flexibility index (Phi) is 5.12. The topological polar surface area (TPSA) is 75.3 Å². The van der Waals surface area contributed by atoms with E-state index in [0.717, 1.165) is 4.90 Å². The molecule has 1 unspecified atom stereocenters. The molecule has 0 spiro atoms. The number of hydrogen-bond donors (Lipinski definition) is 2. The third-order valence-corrected chi connectivity index (χ3v) is 6.29. The second-order valence-electron chi connectivity index (χ2n) is 5.79. The first kappa shape index (κ1) is 17.9. The molecule has 1 atom stereocenters. The van der Waals surface area contributed by atoms with Gasteiger partial charge in [-0.3, -0.25) is 4.79 Å². The molecule has 3 rings (SSSR count). The van der Waals surface area contributed by atoms with Crippen LogP contribution in [0.2, 0.25) is 0 Å². The van der Waals surface area contributed by atoms with Crippen LogP contribution < -0.4 is 10.0 Å². The first-order valence-corrected chi connectivity index (χ1v) is 10.0. The Morgan fingerprint density at radius 2 is 1.96 bits per heavy atom. The standard InChI is InChI=1S/C17H17FN2O3S2/c1-11-8-17(21)20-15-9-14(6-7-16(15)24-11)25(22,23)19-10-12-2-4-13(18)5-3-12/h2-7,9,11,19H,8,10H2,1H3,(H,20,21). The van der Waals surface area contributed by atoms with Crippen molar-refractivity contribution in [1.29, 1.82) is 0 Å². The molecule has 2 aromatic rings. The summed E-state index contributed by atoms with van der Waals surface area (Å²) < 4.78 is 40.4. The molecule has 0 bridgehead atoms. The summed E-state index contributed by atoms with van der Waals surface area (Å²) in [5.74, 6) is -0.507. The highest BCUT2D eigenvalue weighted by molar-refractivity contribution is 8.00. The van der Waals surface area contributed by atoms with Gasteiger partial charge in [0.05, 0.1) is 10.6 Å². The average molecular weight is 380 g/mol. The van der Waals surface area contributed by atoms with Crippen molar-refractivity contribution in [3.63, 3.8) is 0 Å². The van der Waals surface area contributed by atoms with Crippen molar-refractivity contribution in [3.05, 3.63) is 53.8 Å². The van der Waals surface area contributed by atoms with Gasteiger partial charge in [0, 0.05) is 23.1 Å². The highest BCUT2D eigenvalue weighted by atomic mass is 32.2. The van der Waals surface area contributed by atoms with Gasteiger partial charge in [-0.25, -0.2) is 17.5 Å². The smallest absolute Gasteiger partial charge is 0.240 e. The lowest BCUT2D eigenvalue weighted by molar-refractivity contribution is -0.116. The highest BCUT2D eigenvalue weighted by Gasteiger charge is 2.22. The summed E-state index contributed by atoms with van der Waals surface area (Å²) in [6.07, 6.45) is 0.379. The fourth-order valence-corrected chi connectivity index (χ4v) is 4.56. The van der Waals surface area contributed by atoms with Crippen molar-refractivity contribution >= 4 is 33.4 Å². The fourth-order valence-electron chi connectivity index (χ4n) is 2.46. The van der Waals surface area contributed by atoms with E-state index in [4.69, 9.17) is 0 Å². The van der Waals surface area contributed by atoms with E-state index in [1.54, 1.807) is 6.07 Å². The lowest BCUT2D eigenvalue weighted by atomic mass is 10.2. The number of carbonyl (C=O) groups excluding carboxylic acids is 1. The fraction of sp³-hybridized carbons (Fsp3) is 0.235. The molecular weight excluding hydrogens is 363 g/mol. The minimum Gasteiger partial charge on any atom is -0.325 e. The van der Waals surface area contributed by atoms with Gasteiger partial charge in [-0.2, -0.15) is 0 Å². The van der Waals surface area contributed by atoms with Crippen LogP contribution in [0.1, 0.15) is 18.9 Å². The number of halogens is 1. The minimum atomic E-state index is -3.75. The van der Waals surface area contributed by atoms with E-state index in [1.807, 2.05) is 6.92 Å². The Bertz CT molecular complexity index is 899. The molecule has 0 aliphatic carbocycles. The summed E-state index contributed by atoms with van der Waals surface area (Å²) in [7, 11) is -3.75. The van der Waals surface area contributed by atoms with Crippen LogP contribution in [0.3, 0.4) is 0 Å². The Hall–Kier alpha value is -1.90. The van der Waals surface area contributed by atoms with Crippen LogP contribution >= 0.6 is 11.8 Å². The van der Waals surface area contributed by atoms with Gasteiger partial charge >= 0.3 is 0 Å².